The van der Waals surface area contributed by atoms with Crippen molar-refractivity contribution in [1.29, 1.82) is 0 Å². The minimum Gasteiger partial charge on any atom is -0.324 e. The van der Waals surface area contributed by atoms with Gasteiger partial charge in [0.2, 0.25) is 5.01 Å². The summed E-state index contributed by atoms with van der Waals surface area (Å²) in [4.78, 5) is 26.6. The highest BCUT2D eigenvalue weighted by atomic mass is 32.1. The van der Waals surface area contributed by atoms with Gasteiger partial charge in [-0.1, -0.05) is 35.6 Å². The van der Waals surface area contributed by atoms with Gasteiger partial charge in [-0.2, -0.15) is 13.2 Å². The Hall–Kier alpha value is -3.47. The molecule has 1 aromatic heterocycles. The van der Waals surface area contributed by atoms with Gasteiger partial charge in [0.15, 0.2) is 0 Å². The van der Waals surface area contributed by atoms with E-state index in [4.69, 9.17) is 0 Å². The maximum absolute atomic E-state index is 12.9. The number of amides is 3. The fourth-order valence-corrected chi connectivity index (χ4v) is 4.40. The Morgan fingerprint density at radius 3 is 2.52 bits per heavy atom. The smallest absolute Gasteiger partial charge is 0.324 e. The molecule has 11 heteroatoms. The third kappa shape index (κ3) is 5.67. The Morgan fingerprint density at radius 1 is 1.00 bits per heavy atom. The topological polar surface area (TPSA) is 87.2 Å². The maximum atomic E-state index is 12.9. The number of benzene rings is 2. The lowest BCUT2D eigenvalue weighted by Gasteiger charge is -2.31. The van der Waals surface area contributed by atoms with Gasteiger partial charge in [0.05, 0.1) is 5.56 Å². The number of carbonyl (C=O) groups excluding carboxylic acids is 2. The number of anilines is 2. The number of halogens is 3. The molecule has 0 saturated carbocycles. The Balaban J connectivity index is 1.39. The van der Waals surface area contributed by atoms with Crippen molar-refractivity contribution in [3.05, 3.63) is 70.2 Å². The summed E-state index contributed by atoms with van der Waals surface area (Å²) in [5, 5.41) is 14.3. The highest BCUT2D eigenvalue weighted by molar-refractivity contribution is 7.13. The van der Waals surface area contributed by atoms with E-state index in [1.807, 2.05) is 18.2 Å². The Bertz CT molecular complexity index is 1140. The second kappa shape index (κ2) is 9.57. The largest absolute Gasteiger partial charge is 0.416 e. The zero-order chi connectivity index (χ0) is 23.4. The van der Waals surface area contributed by atoms with Crippen LogP contribution in [0.5, 0.6) is 0 Å². The minimum atomic E-state index is -4.49. The van der Waals surface area contributed by atoms with Crippen molar-refractivity contribution < 1.29 is 22.8 Å². The number of nitrogens with zero attached hydrogens (tertiary/aromatic N) is 3. The Kier molecular flexibility index (Phi) is 6.59. The van der Waals surface area contributed by atoms with Crippen LogP contribution in [0.1, 0.15) is 39.1 Å². The molecule has 4 rings (SSSR count). The lowest BCUT2D eigenvalue weighted by Crippen LogP contribution is -2.41. The molecule has 3 amide bonds. The lowest BCUT2D eigenvalue weighted by molar-refractivity contribution is -0.137. The first-order valence-corrected chi connectivity index (χ1v) is 11.0. The van der Waals surface area contributed by atoms with Gasteiger partial charge in [-0.25, -0.2) is 4.79 Å². The summed E-state index contributed by atoms with van der Waals surface area (Å²) < 4.78 is 38.7. The normalized spacial score (nSPS) is 16.3. The molecule has 7 nitrogen and oxygen atoms in total. The van der Waals surface area contributed by atoms with Crippen LogP contribution in [-0.4, -0.2) is 40.1 Å². The first-order valence-electron chi connectivity index (χ1n) is 10.2. The molecule has 2 N–H and O–H groups in total. The minimum absolute atomic E-state index is 0.0766. The van der Waals surface area contributed by atoms with Crippen LogP contribution in [0.3, 0.4) is 0 Å². The van der Waals surface area contributed by atoms with E-state index in [9.17, 15) is 22.8 Å². The van der Waals surface area contributed by atoms with Crippen LogP contribution in [0.25, 0.3) is 0 Å². The number of likely N-dealkylation sites (tertiary alicyclic amines) is 1. The van der Waals surface area contributed by atoms with E-state index in [2.05, 4.69) is 20.8 Å². The summed E-state index contributed by atoms with van der Waals surface area (Å²) in [6.07, 6.45) is -3.02. The van der Waals surface area contributed by atoms with E-state index in [0.29, 0.717) is 30.2 Å². The monoisotopic (exact) mass is 475 g/mol. The van der Waals surface area contributed by atoms with E-state index in [1.54, 1.807) is 17.0 Å². The fraction of sp³-hybridized carbons (Fsp3) is 0.273. The van der Waals surface area contributed by atoms with E-state index in [0.717, 1.165) is 18.6 Å². The Morgan fingerprint density at radius 2 is 1.76 bits per heavy atom. The van der Waals surface area contributed by atoms with E-state index in [-0.39, 0.29) is 22.5 Å². The summed E-state index contributed by atoms with van der Waals surface area (Å²) >= 11 is 1.17. The molecule has 3 aromatic rings. The summed E-state index contributed by atoms with van der Waals surface area (Å²) in [6, 6.07) is 13.0. The van der Waals surface area contributed by atoms with Crippen molar-refractivity contribution in [2.75, 3.05) is 23.7 Å². The van der Waals surface area contributed by atoms with Crippen LogP contribution in [0, 0.1) is 0 Å². The number of hydrogen-bond donors (Lipinski definition) is 2. The molecular formula is C22H20F3N5O2S. The summed E-state index contributed by atoms with van der Waals surface area (Å²) in [5.74, 6) is -0.471. The van der Waals surface area contributed by atoms with Crippen molar-refractivity contribution in [1.82, 2.24) is 15.1 Å². The average molecular weight is 475 g/mol. The van der Waals surface area contributed by atoms with Crippen molar-refractivity contribution in [3.63, 3.8) is 0 Å². The average Bonchev–Trinajstić information content (AvgIpc) is 3.30. The van der Waals surface area contributed by atoms with Gasteiger partial charge >= 0.3 is 12.2 Å². The van der Waals surface area contributed by atoms with Crippen molar-refractivity contribution in [3.8, 4) is 0 Å². The molecule has 2 heterocycles. The van der Waals surface area contributed by atoms with Crippen LogP contribution in [0.2, 0.25) is 0 Å². The number of hydrogen-bond acceptors (Lipinski definition) is 5. The molecule has 0 unspecified atom stereocenters. The van der Waals surface area contributed by atoms with Crippen molar-refractivity contribution >= 4 is 34.6 Å². The molecule has 1 saturated heterocycles. The summed E-state index contributed by atoms with van der Waals surface area (Å²) in [6.45, 7) is 0.807. The van der Waals surface area contributed by atoms with Crippen LogP contribution < -0.4 is 10.6 Å². The van der Waals surface area contributed by atoms with Gasteiger partial charge in [0.1, 0.15) is 5.01 Å². The number of urea groups is 1. The van der Waals surface area contributed by atoms with Gasteiger partial charge in [-0.15, -0.1) is 10.2 Å². The van der Waals surface area contributed by atoms with Crippen LogP contribution >= 0.6 is 11.3 Å². The highest BCUT2D eigenvalue weighted by Crippen LogP contribution is 2.32. The summed E-state index contributed by atoms with van der Waals surface area (Å²) in [5.41, 5.74) is -0.103. The van der Waals surface area contributed by atoms with Crippen molar-refractivity contribution in [2.45, 2.75) is 24.9 Å². The molecule has 33 heavy (non-hydrogen) atoms. The standard InChI is InChI=1S/C22H20F3N5O2S/c23-22(24,25)15-7-4-10-17(12-15)27-21(32)30-11-5-6-14(13-30)19-28-29-20(33-19)18(31)26-16-8-2-1-3-9-16/h1-4,7-10,12,14H,5-6,11,13H2,(H,26,31)(H,27,32)/t14-/m0/s1. The van der Waals surface area contributed by atoms with Gasteiger partial charge in [-0.05, 0) is 43.2 Å². The molecule has 172 valence electrons. The number of nitrogens with one attached hydrogen (secondary N) is 2. The first kappa shape index (κ1) is 22.7. The first-order chi connectivity index (χ1) is 15.8. The fourth-order valence-electron chi connectivity index (χ4n) is 3.54. The molecule has 1 fully saturated rings. The quantitative estimate of drug-likeness (QED) is 0.542. The van der Waals surface area contributed by atoms with E-state index in [1.165, 1.54) is 23.5 Å². The number of alkyl halides is 3. The second-order valence-electron chi connectivity index (χ2n) is 7.56. The van der Waals surface area contributed by atoms with Crippen molar-refractivity contribution in [2.24, 2.45) is 0 Å². The predicted molar refractivity (Wildman–Crippen MR) is 118 cm³/mol. The molecule has 0 bridgehead atoms. The van der Waals surface area contributed by atoms with Gasteiger partial charge < -0.3 is 15.5 Å². The number of piperidine rings is 1. The molecule has 1 aliphatic rings. The number of aromatic nitrogens is 2. The highest BCUT2D eigenvalue weighted by Gasteiger charge is 2.31. The zero-order valence-electron chi connectivity index (χ0n) is 17.3. The van der Waals surface area contributed by atoms with Gasteiger partial charge in [0, 0.05) is 30.4 Å². The van der Waals surface area contributed by atoms with Gasteiger partial charge in [0.25, 0.3) is 5.91 Å². The molecule has 2 aromatic carbocycles. The van der Waals surface area contributed by atoms with Crippen LogP contribution in [0.4, 0.5) is 29.3 Å². The summed E-state index contributed by atoms with van der Waals surface area (Å²) in [7, 11) is 0. The number of para-hydroxylation sites is 1. The molecule has 0 aliphatic carbocycles. The van der Waals surface area contributed by atoms with Gasteiger partial charge in [-0.3, -0.25) is 4.79 Å². The van der Waals surface area contributed by atoms with E-state index < -0.39 is 17.8 Å². The molecule has 0 radical (unpaired) electrons. The molecule has 0 spiro atoms. The van der Waals surface area contributed by atoms with Crippen LogP contribution in [-0.2, 0) is 6.18 Å². The second-order valence-corrected chi connectivity index (χ2v) is 8.57. The third-order valence-corrected chi connectivity index (χ3v) is 6.25. The predicted octanol–water partition coefficient (Wildman–Crippen LogP) is 5.22. The zero-order valence-corrected chi connectivity index (χ0v) is 18.1. The number of carbonyl (C=O) groups is 2. The molecular weight excluding hydrogens is 455 g/mol. The van der Waals surface area contributed by atoms with Crippen LogP contribution in [0.15, 0.2) is 54.6 Å². The SMILES string of the molecule is O=C(Nc1ccccc1)c1nnc([C@H]2CCCN(C(=O)Nc3cccc(C(F)(F)F)c3)C2)s1. The van der Waals surface area contributed by atoms with E-state index >= 15 is 0 Å². The maximum Gasteiger partial charge on any atom is 0.416 e. The number of rotatable bonds is 4. The lowest BCUT2D eigenvalue weighted by atomic mass is 9.99. The molecule has 1 aliphatic heterocycles. The third-order valence-electron chi connectivity index (χ3n) is 5.17. The molecule has 1 atom stereocenters. The Labute approximate surface area is 191 Å².